The van der Waals surface area contributed by atoms with Gasteiger partial charge in [0.15, 0.2) is 11.5 Å². The molecule has 0 aliphatic heterocycles. The number of hydrogen-bond donors (Lipinski definition) is 0. The molecular formula is C28H31ClN2O4S. The van der Waals surface area contributed by atoms with Crippen LogP contribution >= 0.6 is 22.9 Å². The molecule has 2 amide bonds. The quantitative estimate of drug-likeness (QED) is 0.287. The van der Waals surface area contributed by atoms with Gasteiger partial charge < -0.3 is 19.3 Å². The lowest BCUT2D eigenvalue weighted by molar-refractivity contribution is -0.132. The van der Waals surface area contributed by atoms with Gasteiger partial charge in [-0.1, -0.05) is 29.8 Å². The van der Waals surface area contributed by atoms with Crippen LogP contribution in [0.5, 0.6) is 11.5 Å². The van der Waals surface area contributed by atoms with Crippen LogP contribution in [0.25, 0.3) is 0 Å². The minimum atomic E-state index is -0.266. The topological polar surface area (TPSA) is 59.1 Å². The fraction of sp³-hybridized carbons (Fsp3) is 0.286. The van der Waals surface area contributed by atoms with Crippen molar-refractivity contribution in [2.24, 2.45) is 0 Å². The number of aryl methyl sites for hydroxylation is 1. The van der Waals surface area contributed by atoms with Crippen LogP contribution < -0.4 is 9.47 Å². The zero-order chi connectivity index (χ0) is 26.1. The first-order chi connectivity index (χ1) is 17.4. The smallest absolute Gasteiger partial charge is 0.254 e. The number of hydrogen-bond acceptors (Lipinski definition) is 5. The molecule has 190 valence electrons. The summed E-state index contributed by atoms with van der Waals surface area (Å²) in [6, 6.07) is 14.5. The number of amides is 2. The maximum atomic E-state index is 13.5. The Kier molecular flexibility index (Phi) is 9.96. The predicted molar refractivity (Wildman–Crippen MR) is 145 cm³/mol. The Hall–Kier alpha value is -3.29. The van der Waals surface area contributed by atoms with Crippen LogP contribution in [0, 0.1) is 6.92 Å². The second-order valence-corrected chi connectivity index (χ2v) is 9.70. The van der Waals surface area contributed by atoms with Crippen molar-refractivity contribution in [3.8, 4) is 11.5 Å². The van der Waals surface area contributed by atoms with E-state index in [9.17, 15) is 9.59 Å². The van der Waals surface area contributed by atoms with E-state index in [0.29, 0.717) is 41.6 Å². The van der Waals surface area contributed by atoms with Gasteiger partial charge in [0, 0.05) is 28.6 Å². The first-order valence-electron chi connectivity index (χ1n) is 11.5. The third-order valence-electron chi connectivity index (χ3n) is 5.81. The van der Waals surface area contributed by atoms with Crippen LogP contribution in [0.2, 0.25) is 5.02 Å². The second-order valence-electron chi connectivity index (χ2n) is 8.27. The zero-order valence-electron chi connectivity index (χ0n) is 20.8. The van der Waals surface area contributed by atoms with Crippen molar-refractivity contribution in [1.82, 2.24) is 9.80 Å². The molecule has 1 heterocycles. The molecule has 6 nitrogen and oxygen atoms in total. The highest BCUT2D eigenvalue weighted by atomic mass is 35.5. The molecule has 2 aromatic carbocycles. The van der Waals surface area contributed by atoms with E-state index < -0.39 is 0 Å². The van der Waals surface area contributed by atoms with Crippen molar-refractivity contribution in [1.29, 1.82) is 0 Å². The SMILES string of the molecule is C=CCN(CC(=O)N(CCc1ccc(OC)c(OC)c1)Cc1sccc1C)C(=O)c1cccc(Cl)c1. The molecule has 0 radical (unpaired) electrons. The molecule has 3 aromatic rings. The Balaban J connectivity index is 1.79. The Labute approximate surface area is 221 Å². The number of carbonyl (C=O) groups is 2. The Morgan fingerprint density at radius 1 is 1.06 bits per heavy atom. The van der Waals surface area contributed by atoms with Gasteiger partial charge in [-0.15, -0.1) is 17.9 Å². The summed E-state index contributed by atoms with van der Waals surface area (Å²) in [6.07, 6.45) is 2.24. The van der Waals surface area contributed by atoms with Gasteiger partial charge >= 0.3 is 0 Å². The number of methoxy groups -OCH3 is 2. The molecule has 3 rings (SSSR count). The van der Waals surface area contributed by atoms with Crippen molar-refractivity contribution in [3.63, 3.8) is 0 Å². The minimum absolute atomic E-state index is 0.0618. The average Bonchev–Trinajstić information content (AvgIpc) is 3.29. The molecule has 0 bridgehead atoms. The predicted octanol–water partition coefficient (Wildman–Crippen LogP) is 5.63. The van der Waals surface area contributed by atoms with Gasteiger partial charge in [-0.2, -0.15) is 0 Å². The standard InChI is InChI=1S/C28H31ClN2O4S/c1-5-13-31(28(33)22-7-6-8-23(29)17-22)19-27(32)30(18-26-20(2)12-15-36-26)14-11-21-9-10-24(34-3)25(16-21)35-4/h5-10,12,15-17H,1,11,13-14,18-19H2,2-4H3. The number of halogens is 1. The third-order valence-corrected chi connectivity index (χ3v) is 7.05. The van der Waals surface area contributed by atoms with E-state index >= 15 is 0 Å². The highest BCUT2D eigenvalue weighted by Gasteiger charge is 2.23. The van der Waals surface area contributed by atoms with Crippen LogP contribution in [0.15, 0.2) is 66.6 Å². The second kappa shape index (κ2) is 13.1. The third kappa shape index (κ3) is 7.12. The summed E-state index contributed by atoms with van der Waals surface area (Å²) in [5, 5.41) is 2.49. The number of thiophene rings is 1. The van der Waals surface area contributed by atoms with Crippen LogP contribution in [-0.2, 0) is 17.8 Å². The van der Waals surface area contributed by atoms with Gasteiger partial charge in [-0.3, -0.25) is 9.59 Å². The van der Waals surface area contributed by atoms with Crippen molar-refractivity contribution in [2.75, 3.05) is 33.9 Å². The van der Waals surface area contributed by atoms with Crippen LogP contribution in [0.1, 0.15) is 26.4 Å². The summed E-state index contributed by atoms with van der Waals surface area (Å²) < 4.78 is 10.8. The summed E-state index contributed by atoms with van der Waals surface area (Å²) in [5.41, 5.74) is 2.59. The summed E-state index contributed by atoms with van der Waals surface area (Å²) in [4.78, 5) is 31.1. The summed E-state index contributed by atoms with van der Waals surface area (Å²) in [5.74, 6) is 0.896. The lowest BCUT2D eigenvalue weighted by Gasteiger charge is -2.27. The van der Waals surface area contributed by atoms with Crippen molar-refractivity contribution >= 4 is 34.8 Å². The molecule has 0 aliphatic carbocycles. The van der Waals surface area contributed by atoms with E-state index in [1.54, 1.807) is 60.8 Å². The van der Waals surface area contributed by atoms with Gasteiger partial charge in [0.1, 0.15) is 6.54 Å². The van der Waals surface area contributed by atoms with Gasteiger partial charge in [0.2, 0.25) is 5.91 Å². The summed E-state index contributed by atoms with van der Waals surface area (Å²) in [6.45, 7) is 6.94. The maximum absolute atomic E-state index is 13.5. The first kappa shape index (κ1) is 27.3. The van der Waals surface area contributed by atoms with Crippen LogP contribution in [0.4, 0.5) is 0 Å². The van der Waals surface area contributed by atoms with Gasteiger partial charge in [0.25, 0.3) is 5.91 Å². The molecule has 0 unspecified atom stereocenters. The Morgan fingerprint density at radius 2 is 1.83 bits per heavy atom. The summed E-state index contributed by atoms with van der Waals surface area (Å²) in [7, 11) is 3.20. The van der Waals surface area contributed by atoms with Crippen LogP contribution in [0.3, 0.4) is 0 Å². The van der Waals surface area contributed by atoms with Gasteiger partial charge in [-0.25, -0.2) is 0 Å². The van der Waals surface area contributed by atoms with Gasteiger partial charge in [0.05, 0.1) is 20.8 Å². The summed E-state index contributed by atoms with van der Waals surface area (Å²) >= 11 is 7.70. The van der Waals surface area contributed by atoms with Gasteiger partial charge in [-0.05, 0) is 66.2 Å². The van der Waals surface area contributed by atoms with Crippen LogP contribution in [-0.4, -0.2) is 55.5 Å². The molecule has 0 aliphatic rings. The average molecular weight is 527 g/mol. The molecule has 0 N–H and O–H groups in total. The number of ether oxygens (including phenoxy) is 2. The number of carbonyl (C=O) groups excluding carboxylic acids is 2. The molecular weight excluding hydrogens is 496 g/mol. The van der Waals surface area contributed by atoms with E-state index in [-0.39, 0.29) is 24.9 Å². The number of benzene rings is 2. The lowest BCUT2D eigenvalue weighted by atomic mass is 10.1. The molecule has 36 heavy (non-hydrogen) atoms. The van der Waals surface area contributed by atoms with E-state index in [4.69, 9.17) is 21.1 Å². The Morgan fingerprint density at radius 3 is 2.47 bits per heavy atom. The number of rotatable bonds is 12. The van der Waals surface area contributed by atoms with E-state index in [1.807, 2.05) is 36.6 Å². The lowest BCUT2D eigenvalue weighted by Crippen LogP contribution is -2.43. The van der Waals surface area contributed by atoms with Crippen molar-refractivity contribution in [2.45, 2.75) is 19.9 Å². The van der Waals surface area contributed by atoms with E-state index in [2.05, 4.69) is 6.58 Å². The molecule has 0 saturated carbocycles. The first-order valence-corrected chi connectivity index (χ1v) is 12.8. The van der Waals surface area contributed by atoms with Crippen molar-refractivity contribution in [3.05, 3.63) is 93.2 Å². The maximum Gasteiger partial charge on any atom is 0.254 e. The van der Waals surface area contributed by atoms with Crippen molar-refractivity contribution < 1.29 is 19.1 Å². The largest absolute Gasteiger partial charge is 0.493 e. The van der Waals surface area contributed by atoms with E-state index in [0.717, 1.165) is 16.0 Å². The Bertz CT molecular complexity index is 1210. The highest BCUT2D eigenvalue weighted by Crippen LogP contribution is 2.28. The molecule has 0 fully saturated rings. The zero-order valence-corrected chi connectivity index (χ0v) is 22.4. The number of nitrogens with zero attached hydrogens (tertiary/aromatic N) is 2. The molecule has 1 aromatic heterocycles. The fourth-order valence-corrected chi connectivity index (χ4v) is 4.89. The highest BCUT2D eigenvalue weighted by molar-refractivity contribution is 7.10. The molecule has 0 atom stereocenters. The monoisotopic (exact) mass is 526 g/mol. The van der Waals surface area contributed by atoms with E-state index in [1.165, 1.54) is 4.90 Å². The molecule has 0 spiro atoms. The fourth-order valence-electron chi connectivity index (χ4n) is 3.77. The normalized spacial score (nSPS) is 10.6. The minimum Gasteiger partial charge on any atom is -0.493 e. The molecule has 8 heteroatoms. The molecule has 0 saturated heterocycles.